The van der Waals surface area contributed by atoms with Gasteiger partial charge in [-0.2, -0.15) is 4.98 Å². The smallest absolute Gasteiger partial charge is 0.213 e. The van der Waals surface area contributed by atoms with E-state index in [0.717, 1.165) is 37.4 Å². The van der Waals surface area contributed by atoms with Crippen molar-refractivity contribution in [3.05, 3.63) is 12.2 Å². The first-order valence-electron chi connectivity index (χ1n) is 6.61. The van der Waals surface area contributed by atoms with Crippen molar-refractivity contribution in [3.8, 4) is 0 Å². The molecule has 2 fully saturated rings. The van der Waals surface area contributed by atoms with Gasteiger partial charge in [-0.25, -0.2) is 0 Å². The zero-order valence-corrected chi connectivity index (χ0v) is 10.1. The number of nitrogens with one attached hydrogen (secondary N) is 1. The van der Waals surface area contributed by atoms with Gasteiger partial charge in [-0.1, -0.05) is 5.16 Å². The van der Waals surface area contributed by atoms with E-state index in [1.165, 1.54) is 38.6 Å². The Kier molecular flexibility index (Phi) is 3.38. The molecule has 2 aliphatic rings. The fourth-order valence-electron chi connectivity index (χ4n) is 2.43. The monoisotopic (exact) mass is 236 g/mol. The van der Waals surface area contributed by atoms with Crippen molar-refractivity contribution >= 4 is 0 Å². The lowest BCUT2D eigenvalue weighted by atomic mass is 9.97. The Balaban J connectivity index is 1.37. The Morgan fingerprint density at radius 2 is 2.12 bits per heavy atom. The van der Waals surface area contributed by atoms with Crippen LogP contribution in [0.2, 0.25) is 0 Å². The van der Waals surface area contributed by atoms with E-state index in [2.05, 4.69) is 20.4 Å². The second-order valence-corrected chi connectivity index (χ2v) is 5.25. The summed E-state index contributed by atoms with van der Waals surface area (Å²) < 4.78 is 4.75. The van der Waals surface area contributed by atoms with Crippen LogP contribution in [0.15, 0.2) is 10.9 Å². The molecule has 1 aromatic rings. The van der Waals surface area contributed by atoms with Crippen molar-refractivity contribution in [3.63, 3.8) is 0 Å². The van der Waals surface area contributed by atoms with Crippen LogP contribution >= 0.6 is 0 Å². The molecule has 0 unspecified atom stereocenters. The summed E-state index contributed by atoms with van der Waals surface area (Å²) in [4.78, 5) is 6.48. The number of rotatable bonds is 5. The molecule has 0 radical (unpaired) electrons. The molecular formula is C12H20N4O. The molecular weight excluding hydrogens is 216 g/mol. The quantitative estimate of drug-likeness (QED) is 0.827. The van der Waals surface area contributed by atoms with Crippen molar-refractivity contribution in [2.45, 2.75) is 38.3 Å². The van der Waals surface area contributed by atoms with Crippen LogP contribution in [-0.2, 0) is 6.54 Å². The third-order valence-corrected chi connectivity index (χ3v) is 3.75. The standard InChI is InChI=1S/C12H20N4O/c1-2-11(1)13-7-10-3-5-16(6-4-10)8-12-14-9-17-15-12/h9-11,13H,1-8H2. The lowest BCUT2D eigenvalue weighted by molar-refractivity contribution is 0.170. The molecule has 0 aromatic carbocycles. The number of hydrogen-bond donors (Lipinski definition) is 1. The van der Waals surface area contributed by atoms with Gasteiger partial charge in [-0.15, -0.1) is 0 Å². The summed E-state index contributed by atoms with van der Waals surface area (Å²) >= 11 is 0. The molecule has 1 N–H and O–H groups in total. The average Bonchev–Trinajstić information content (AvgIpc) is 3.05. The summed E-state index contributed by atoms with van der Waals surface area (Å²) in [6, 6.07) is 0.840. The maximum absolute atomic E-state index is 4.75. The summed E-state index contributed by atoms with van der Waals surface area (Å²) in [6.45, 7) is 4.36. The van der Waals surface area contributed by atoms with Crippen molar-refractivity contribution < 1.29 is 4.52 Å². The molecule has 5 heteroatoms. The average molecular weight is 236 g/mol. The van der Waals surface area contributed by atoms with Gasteiger partial charge in [0.05, 0.1) is 6.54 Å². The van der Waals surface area contributed by atoms with Crippen molar-refractivity contribution in [2.75, 3.05) is 19.6 Å². The highest BCUT2D eigenvalue weighted by atomic mass is 16.5. The molecule has 1 aliphatic heterocycles. The molecule has 3 rings (SSSR count). The summed E-state index contributed by atoms with van der Waals surface area (Å²) in [5.41, 5.74) is 0. The van der Waals surface area contributed by atoms with E-state index in [-0.39, 0.29) is 0 Å². The molecule has 2 heterocycles. The molecule has 0 spiro atoms. The van der Waals surface area contributed by atoms with E-state index < -0.39 is 0 Å². The van der Waals surface area contributed by atoms with Gasteiger partial charge in [0.15, 0.2) is 5.82 Å². The zero-order chi connectivity index (χ0) is 11.5. The van der Waals surface area contributed by atoms with Crippen LogP contribution in [0.1, 0.15) is 31.5 Å². The van der Waals surface area contributed by atoms with Gasteiger partial charge >= 0.3 is 0 Å². The van der Waals surface area contributed by atoms with E-state index in [1.54, 1.807) is 0 Å². The molecule has 94 valence electrons. The second-order valence-electron chi connectivity index (χ2n) is 5.25. The Bertz CT molecular complexity index is 328. The molecule has 0 atom stereocenters. The van der Waals surface area contributed by atoms with Crippen molar-refractivity contribution in [1.82, 2.24) is 20.4 Å². The van der Waals surface area contributed by atoms with Crippen LogP contribution in [0.4, 0.5) is 0 Å². The molecule has 1 saturated heterocycles. The van der Waals surface area contributed by atoms with E-state index in [4.69, 9.17) is 4.52 Å². The Morgan fingerprint density at radius 1 is 1.29 bits per heavy atom. The minimum absolute atomic E-state index is 0.805. The highest BCUT2D eigenvalue weighted by molar-refractivity contribution is 4.84. The number of nitrogens with zero attached hydrogens (tertiary/aromatic N) is 3. The molecule has 0 bridgehead atoms. The lowest BCUT2D eigenvalue weighted by Crippen LogP contribution is -2.37. The topological polar surface area (TPSA) is 54.2 Å². The first-order valence-corrected chi connectivity index (χ1v) is 6.61. The fraction of sp³-hybridized carbons (Fsp3) is 0.833. The van der Waals surface area contributed by atoms with Crippen molar-refractivity contribution in [1.29, 1.82) is 0 Å². The third kappa shape index (κ3) is 3.26. The second kappa shape index (κ2) is 5.14. The molecule has 1 aromatic heterocycles. The zero-order valence-electron chi connectivity index (χ0n) is 10.1. The molecule has 1 saturated carbocycles. The Labute approximate surface area is 102 Å². The molecule has 0 amide bonds. The van der Waals surface area contributed by atoms with Gasteiger partial charge in [0.1, 0.15) is 0 Å². The lowest BCUT2D eigenvalue weighted by Gasteiger charge is -2.31. The normalized spacial score (nSPS) is 23.1. The number of aromatic nitrogens is 2. The van der Waals surface area contributed by atoms with Gasteiger partial charge in [0.2, 0.25) is 6.39 Å². The summed E-state index contributed by atoms with van der Waals surface area (Å²) in [5.74, 6) is 1.66. The van der Waals surface area contributed by atoms with Gasteiger partial charge in [0, 0.05) is 6.04 Å². The molecule has 5 nitrogen and oxygen atoms in total. The predicted molar refractivity (Wildman–Crippen MR) is 63.3 cm³/mol. The first-order chi connectivity index (χ1) is 8.40. The SMILES string of the molecule is c1nc(CN2CCC(CNC3CC3)CC2)no1. The Hall–Kier alpha value is -0.940. The number of piperidine rings is 1. The molecule has 17 heavy (non-hydrogen) atoms. The summed E-state index contributed by atoms with van der Waals surface area (Å²) in [5, 5.41) is 7.49. The van der Waals surface area contributed by atoms with E-state index in [1.807, 2.05) is 0 Å². The fourth-order valence-corrected chi connectivity index (χ4v) is 2.43. The van der Waals surface area contributed by atoms with Crippen LogP contribution in [0.3, 0.4) is 0 Å². The number of hydrogen-bond acceptors (Lipinski definition) is 5. The van der Waals surface area contributed by atoms with E-state index in [0.29, 0.717) is 0 Å². The maximum Gasteiger partial charge on any atom is 0.213 e. The van der Waals surface area contributed by atoms with Gasteiger partial charge in [-0.05, 0) is 51.2 Å². The largest absolute Gasteiger partial charge is 0.343 e. The van der Waals surface area contributed by atoms with E-state index in [9.17, 15) is 0 Å². The van der Waals surface area contributed by atoms with Crippen molar-refractivity contribution in [2.24, 2.45) is 5.92 Å². The van der Waals surface area contributed by atoms with Crippen LogP contribution in [0.25, 0.3) is 0 Å². The minimum atomic E-state index is 0.805. The maximum atomic E-state index is 4.75. The van der Waals surface area contributed by atoms with Crippen LogP contribution in [0, 0.1) is 5.92 Å². The van der Waals surface area contributed by atoms with Gasteiger partial charge < -0.3 is 9.84 Å². The Morgan fingerprint density at radius 3 is 2.76 bits per heavy atom. The highest BCUT2D eigenvalue weighted by Gasteiger charge is 2.24. The summed E-state index contributed by atoms with van der Waals surface area (Å²) in [6.07, 6.45) is 6.75. The van der Waals surface area contributed by atoms with Crippen LogP contribution in [0.5, 0.6) is 0 Å². The minimum Gasteiger partial charge on any atom is -0.343 e. The van der Waals surface area contributed by atoms with Gasteiger partial charge in [0.25, 0.3) is 0 Å². The number of likely N-dealkylation sites (tertiary alicyclic amines) is 1. The first kappa shape index (κ1) is 11.2. The summed E-state index contributed by atoms with van der Waals surface area (Å²) in [7, 11) is 0. The molecule has 1 aliphatic carbocycles. The van der Waals surface area contributed by atoms with Crippen LogP contribution in [-0.4, -0.2) is 40.7 Å². The predicted octanol–water partition coefficient (Wildman–Crippen LogP) is 1.03. The van der Waals surface area contributed by atoms with Gasteiger partial charge in [-0.3, -0.25) is 4.90 Å². The van der Waals surface area contributed by atoms with Crippen LogP contribution < -0.4 is 5.32 Å². The highest BCUT2D eigenvalue weighted by Crippen LogP contribution is 2.22. The third-order valence-electron chi connectivity index (χ3n) is 3.75. The van der Waals surface area contributed by atoms with E-state index >= 15 is 0 Å².